The lowest BCUT2D eigenvalue weighted by atomic mass is 10.0. The van der Waals surface area contributed by atoms with E-state index in [1.54, 1.807) is 60.2 Å². The van der Waals surface area contributed by atoms with Crippen molar-refractivity contribution in [3.63, 3.8) is 0 Å². The number of nitrogens with zero attached hydrogens (tertiary/aromatic N) is 2. The number of rotatable bonds is 8. The van der Waals surface area contributed by atoms with Gasteiger partial charge in [-0.1, -0.05) is 42.8 Å². The molecule has 47 heavy (non-hydrogen) atoms. The van der Waals surface area contributed by atoms with Crippen molar-refractivity contribution in [3.8, 4) is 5.75 Å². The summed E-state index contributed by atoms with van der Waals surface area (Å²) >= 11 is 0. The molecule has 2 amide bonds. The Morgan fingerprint density at radius 3 is 2.45 bits per heavy atom. The molecule has 2 N–H and O–H groups in total. The lowest BCUT2D eigenvalue weighted by Crippen LogP contribution is -2.48. The molecule has 4 atom stereocenters. The summed E-state index contributed by atoms with van der Waals surface area (Å²) in [6.45, 7) is 8.25. The number of carbonyl (C=O) groups excluding carboxylic acids is 2. The first-order valence-corrected chi connectivity index (χ1v) is 17.6. The highest BCUT2D eigenvalue weighted by Crippen LogP contribution is 2.29. The molecular formula is C36H47N3O7S. The van der Waals surface area contributed by atoms with Gasteiger partial charge in [-0.25, -0.2) is 8.42 Å². The zero-order valence-electron chi connectivity index (χ0n) is 27.9. The van der Waals surface area contributed by atoms with Crippen molar-refractivity contribution in [2.24, 2.45) is 5.92 Å². The minimum absolute atomic E-state index is 0.102. The fourth-order valence-corrected chi connectivity index (χ4v) is 6.58. The quantitative estimate of drug-likeness (QED) is 0.332. The molecule has 0 aliphatic carbocycles. The molecule has 254 valence electrons. The molecule has 0 aromatic heterocycles. The molecule has 0 saturated carbocycles. The molecule has 0 fully saturated rings. The Labute approximate surface area is 278 Å². The summed E-state index contributed by atoms with van der Waals surface area (Å²) in [5.74, 6) is -0.436. The molecule has 1 aliphatic heterocycles. The third-order valence-corrected chi connectivity index (χ3v) is 9.85. The van der Waals surface area contributed by atoms with Crippen LogP contribution in [0.15, 0.2) is 77.7 Å². The summed E-state index contributed by atoms with van der Waals surface area (Å²) in [6.07, 6.45) is 1.70. The molecule has 3 aromatic carbocycles. The maximum Gasteiger partial charge on any atom is 0.261 e. The minimum atomic E-state index is -3.93. The van der Waals surface area contributed by atoms with E-state index in [-0.39, 0.29) is 47.2 Å². The van der Waals surface area contributed by atoms with Gasteiger partial charge in [-0.05, 0) is 82.5 Å². The van der Waals surface area contributed by atoms with E-state index in [0.717, 1.165) is 18.4 Å². The highest BCUT2D eigenvalue weighted by atomic mass is 32.2. The summed E-state index contributed by atoms with van der Waals surface area (Å²) in [5.41, 5.74) is 1.90. The largest absolute Gasteiger partial charge is 0.490 e. The van der Waals surface area contributed by atoms with Gasteiger partial charge >= 0.3 is 0 Å². The number of benzene rings is 3. The van der Waals surface area contributed by atoms with Crippen LogP contribution in [0.2, 0.25) is 0 Å². The number of anilines is 1. The van der Waals surface area contributed by atoms with Gasteiger partial charge in [0.25, 0.3) is 21.8 Å². The highest BCUT2D eigenvalue weighted by Gasteiger charge is 2.31. The molecule has 0 saturated heterocycles. The Morgan fingerprint density at radius 1 is 1.06 bits per heavy atom. The van der Waals surface area contributed by atoms with Crippen LogP contribution in [0.5, 0.6) is 5.75 Å². The predicted octanol–water partition coefficient (Wildman–Crippen LogP) is 5.36. The molecule has 1 aliphatic rings. The van der Waals surface area contributed by atoms with Crippen LogP contribution >= 0.6 is 0 Å². The van der Waals surface area contributed by atoms with Crippen molar-refractivity contribution in [3.05, 3.63) is 89.5 Å². The number of aliphatic hydroxyl groups is 1. The summed E-state index contributed by atoms with van der Waals surface area (Å²) in [5, 5.41) is 10.2. The normalized spacial score (nSPS) is 20.3. The lowest BCUT2D eigenvalue weighted by Gasteiger charge is -2.36. The average molecular weight is 666 g/mol. The van der Waals surface area contributed by atoms with Gasteiger partial charge in [-0.2, -0.15) is 0 Å². The average Bonchev–Trinajstić information content (AvgIpc) is 3.06. The SMILES string of the molecule is Cc1ccc(S(=O)(=O)Nc2ccc3c(c2)C(=O)N([C@@H](C)CO)C[C@H](C)[C@@H](CN(C)C(=O)c2ccccc2)OCCCC[C@@H](C)O3)cc1. The van der Waals surface area contributed by atoms with Crippen molar-refractivity contribution >= 4 is 27.5 Å². The van der Waals surface area contributed by atoms with Crippen LogP contribution in [-0.2, 0) is 14.8 Å². The number of aliphatic hydroxyl groups excluding tert-OH is 1. The van der Waals surface area contributed by atoms with Crippen molar-refractivity contribution in [1.29, 1.82) is 0 Å². The van der Waals surface area contributed by atoms with Crippen molar-refractivity contribution in [2.45, 2.75) is 70.1 Å². The van der Waals surface area contributed by atoms with E-state index < -0.39 is 28.1 Å². The number of carbonyl (C=O) groups is 2. The molecule has 0 spiro atoms. The molecule has 11 heteroatoms. The molecule has 4 rings (SSSR count). The number of ether oxygens (including phenoxy) is 2. The van der Waals surface area contributed by atoms with Gasteiger partial charge in [0.15, 0.2) is 0 Å². The second kappa shape index (κ2) is 16.3. The van der Waals surface area contributed by atoms with Gasteiger partial charge in [0.2, 0.25) is 0 Å². The van der Waals surface area contributed by atoms with Gasteiger partial charge in [0.1, 0.15) is 5.75 Å². The molecular weight excluding hydrogens is 618 g/mol. The summed E-state index contributed by atoms with van der Waals surface area (Å²) < 4.78 is 41.6. The highest BCUT2D eigenvalue weighted by molar-refractivity contribution is 7.92. The third kappa shape index (κ3) is 9.56. The van der Waals surface area contributed by atoms with Gasteiger partial charge in [0, 0.05) is 43.9 Å². The van der Waals surface area contributed by atoms with Crippen LogP contribution < -0.4 is 9.46 Å². The number of likely N-dealkylation sites (N-methyl/N-ethyl adjacent to an activating group) is 1. The van der Waals surface area contributed by atoms with E-state index >= 15 is 0 Å². The van der Waals surface area contributed by atoms with Crippen LogP contribution in [0, 0.1) is 12.8 Å². The minimum Gasteiger partial charge on any atom is -0.490 e. The van der Waals surface area contributed by atoms with Gasteiger partial charge in [-0.3, -0.25) is 14.3 Å². The predicted molar refractivity (Wildman–Crippen MR) is 182 cm³/mol. The molecule has 0 unspecified atom stereocenters. The van der Waals surface area contributed by atoms with Crippen LogP contribution in [0.25, 0.3) is 0 Å². The van der Waals surface area contributed by atoms with E-state index in [2.05, 4.69) is 4.72 Å². The number of amides is 2. The maximum atomic E-state index is 14.4. The number of hydrogen-bond acceptors (Lipinski definition) is 7. The number of hydrogen-bond donors (Lipinski definition) is 2. The first-order chi connectivity index (χ1) is 22.4. The monoisotopic (exact) mass is 665 g/mol. The fraction of sp³-hybridized carbons (Fsp3) is 0.444. The van der Waals surface area contributed by atoms with Gasteiger partial charge in [-0.15, -0.1) is 0 Å². The maximum absolute atomic E-state index is 14.4. The zero-order chi connectivity index (χ0) is 34.1. The Kier molecular flexibility index (Phi) is 12.4. The van der Waals surface area contributed by atoms with Crippen molar-refractivity contribution in [1.82, 2.24) is 9.80 Å². The number of fused-ring (bicyclic) bond motifs is 1. The second-order valence-electron chi connectivity index (χ2n) is 12.5. The zero-order valence-corrected chi connectivity index (χ0v) is 28.7. The second-order valence-corrected chi connectivity index (χ2v) is 14.2. The first kappa shape index (κ1) is 35.9. The summed E-state index contributed by atoms with van der Waals surface area (Å²) in [6, 6.07) is 19.7. The molecule has 0 radical (unpaired) electrons. The Hall–Kier alpha value is -3.93. The number of sulfonamides is 1. The fourth-order valence-electron chi connectivity index (χ4n) is 5.53. The Balaban J connectivity index is 1.66. The molecule has 0 bridgehead atoms. The van der Waals surface area contributed by atoms with E-state index in [4.69, 9.17) is 9.47 Å². The van der Waals surface area contributed by atoms with E-state index in [1.807, 2.05) is 39.0 Å². The number of nitrogens with one attached hydrogen (secondary N) is 1. The first-order valence-electron chi connectivity index (χ1n) is 16.1. The van der Waals surface area contributed by atoms with Crippen LogP contribution in [0.3, 0.4) is 0 Å². The Bertz CT molecular complexity index is 1600. The smallest absolute Gasteiger partial charge is 0.261 e. The van der Waals surface area contributed by atoms with Crippen LogP contribution in [0.4, 0.5) is 5.69 Å². The Morgan fingerprint density at radius 2 is 1.77 bits per heavy atom. The van der Waals surface area contributed by atoms with E-state index in [1.165, 1.54) is 18.2 Å². The molecule has 10 nitrogen and oxygen atoms in total. The van der Waals surface area contributed by atoms with Crippen LogP contribution in [0.1, 0.15) is 66.3 Å². The molecule has 1 heterocycles. The van der Waals surface area contributed by atoms with E-state index in [0.29, 0.717) is 30.9 Å². The topological polar surface area (TPSA) is 125 Å². The van der Waals surface area contributed by atoms with Crippen molar-refractivity contribution in [2.75, 3.05) is 38.1 Å². The molecule has 3 aromatic rings. The summed E-state index contributed by atoms with van der Waals surface area (Å²) in [7, 11) is -2.19. The number of aryl methyl sites for hydroxylation is 1. The van der Waals surface area contributed by atoms with Crippen molar-refractivity contribution < 1.29 is 32.6 Å². The van der Waals surface area contributed by atoms with Crippen LogP contribution in [-0.4, -0.2) is 86.7 Å². The summed E-state index contributed by atoms with van der Waals surface area (Å²) in [4.78, 5) is 30.8. The third-order valence-electron chi connectivity index (χ3n) is 8.46. The van der Waals surface area contributed by atoms with Gasteiger partial charge in [0.05, 0.1) is 35.3 Å². The van der Waals surface area contributed by atoms with Gasteiger partial charge < -0.3 is 24.4 Å². The lowest BCUT2D eigenvalue weighted by molar-refractivity contribution is -0.0149. The standard InChI is InChI=1S/C36H47N3O7S/c1-25-14-17-31(18-15-25)47(43,44)37-30-16-19-33-32(21-30)36(42)39(27(3)24-40)22-26(2)34(45-20-10-9-11-28(4)46-33)23-38(5)35(41)29-12-7-6-8-13-29/h6-8,12-19,21,26-28,34,37,40H,9-11,20,22-24H2,1-5H3/t26-,27-,28+,34+/m0/s1. The van der Waals surface area contributed by atoms with E-state index in [9.17, 15) is 23.1 Å².